The first-order valence-electron chi connectivity index (χ1n) is 6.41. The van der Waals surface area contributed by atoms with Gasteiger partial charge in [0.15, 0.2) is 0 Å². The first kappa shape index (κ1) is 14.3. The number of aromatic nitrogens is 3. The third-order valence-corrected chi connectivity index (χ3v) is 3.02. The fourth-order valence-electron chi connectivity index (χ4n) is 2.11. The van der Waals surface area contributed by atoms with Gasteiger partial charge in [0.25, 0.3) is 0 Å². The molecule has 1 aliphatic heterocycles. The van der Waals surface area contributed by atoms with Crippen LogP contribution in [0.25, 0.3) is 0 Å². The topological polar surface area (TPSA) is 112 Å². The quantitative estimate of drug-likeness (QED) is 0.472. The lowest BCUT2D eigenvalue weighted by molar-refractivity contribution is -0.119. The summed E-state index contributed by atoms with van der Waals surface area (Å²) >= 11 is 0. The second-order valence-electron chi connectivity index (χ2n) is 4.93. The first-order chi connectivity index (χ1) is 9.49. The number of anilines is 3. The van der Waals surface area contributed by atoms with E-state index in [1.165, 1.54) is 6.92 Å². The van der Waals surface area contributed by atoms with Crippen LogP contribution >= 0.6 is 0 Å². The Morgan fingerprint density at radius 2 is 2.15 bits per heavy atom. The van der Waals surface area contributed by atoms with Crippen LogP contribution in [0.4, 0.5) is 17.8 Å². The van der Waals surface area contributed by atoms with E-state index in [2.05, 4.69) is 25.7 Å². The number of nitrogen functional groups attached to an aromatic ring is 1. The molecule has 1 saturated heterocycles. The fraction of sp³-hybridized carbons (Fsp3) is 0.636. The van der Waals surface area contributed by atoms with Gasteiger partial charge in [-0.2, -0.15) is 15.0 Å². The number of carbonyl (C=O) groups excluding carboxylic acids is 1. The Bertz CT molecular complexity index is 491. The summed E-state index contributed by atoms with van der Waals surface area (Å²) in [5.41, 5.74) is 2.44. The van der Waals surface area contributed by atoms with E-state index in [0.717, 1.165) is 13.0 Å². The molecule has 110 valence electrons. The van der Waals surface area contributed by atoms with Crippen molar-refractivity contribution in [1.82, 2.24) is 20.3 Å². The number of nitrogens with zero attached hydrogens (tertiary/aromatic N) is 5. The standard InChI is InChI=1S/C11H20N8O/c1-7(20)13-8-4-5-19(6-8)11-15-9(17-12)14-10(16-11)18(2)3/h8H,4-6,12H2,1-3H3,(H,13,20)(H,14,15,16,17). The Morgan fingerprint density at radius 3 is 2.75 bits per heavy atom. The summed E-state index contributed by atoms with van der Waals surface area (Å²) in [6, 6.07) is 0.126. The molecule has 1 amide bonds. The van der Waals surface area contributed by atoms with Crippen molar-refractivity contribution in [3.05, 3.63) is 0 Å². The first-order valence-corrected chi connectivity index (χ1v) is 6.41. The number of hydrogen-bond acceptors (Lipinski definition) is 8. The molecule has 0 saturated carbocycles. The van der Waals surface area contributed by atoms with E-state index in [1.54, 1.807) is 4.90 Å². The molecule has 1 atom stereocenters. The molecule has 1 fully saturated rings. The molecule has 20 heavy (non-hydrogen) atoms. The van der Waals surface area contributed by atoms with Crippen LogP contribution in [-0.4, -0.2) is 54.1 Å². The van der Waals surface area contributed by atoms with Crippen molar-refractivity contribution >= 4 is 23.8 Å². The maximum Gasteiger partial charge on any atom is 0.243 e. The molecule has 0 radical (unpaired) electrons. The Hall–Kier alpha value is -2.16. The molecule has 1 aromatic heterocycles. The predicted molar refractivity (Wildman–Crippen MR) is 76.4 cm³/mol. The second-order valence-corrected chi connectivity index (χ2v) is 4.93. The van der Waals surface area contributed by atoms with Crippen LogP contribution in [0.1, 0.15) is 13.3 Å². The molecular weight excluding hydrogens is 260 g/mol. The van der Waals surface area contributed by atoms with Crippen molar-refractivity contribution in [3.63, 3.8) is 0 Å². The maximum atomic E-state index is 11.1. The largest absolute Gasteiger partial charge is 0.352 e. The van der Waals surface area contributed by atoms with Crippen LogP contribution in [0.5, 0.6) is 0 Å². The van der Waals surface area contributed by atoms with E-state index < -0.39 is 0 Å². The van der Waals surface area contributed by atoms with E-state index in [9.17, 15) is 4.79 Å². The summed E-state index contributed by atoms with van der Waals surface area (Å²) in [4.78, 5) is 27.7. The molecule has 0 aromatic carbocycles. The number of amides is 1. The lowest BCUT2D eigenvalue weighted by Crippen LogP contribution is -2.36. The van der Waals surface area contributed by atoms with Crippen LogP contribution in [-0.2, 0) is 4.79 Å². The zero-order valence-corrected chi connectivity index (χ0v) is 11.9. The van der Waals surface area contributed by atoms with E-state index in [0.29, 0.717) is 24.4 Å². The second kappa shape index (κ2) is 5.87. The summed E-state index contributed by atoms with van der Waals surface area (Å²) < 4.78 is 0. The van der Waals surface area contributed by atoms with Gasteiger partial charge in [-0.1, -0.05) is 0 Å². The average Bonchev–Trinajstić information content (AvgIpc) is 2.85. The van der Waals surface area contributed by atoms with Gasteiger partial charge in [0.2, 0.25) is 23.8 Å². The smallest absolute Gasteiger partial charge is 0.243 e. The summed E-state index contributed by atoms with van der Waals surface area (Å²) in [6.07, 6.45) is 0.869. The number of nitrogens with two attached hydrogens (primary N) is 1. The highest BCUT2D eigenvalue weighted by molar-refractivity contribution is 5.73. The number of rotatable bonds is 4. The van der Waals surface area contributed by atoms with Crippen LogP contribution in [0.2, 0.25) is 0 Å². The van der Waals surface area contributed by atoms with Gasteiger partial charge in [0.1, 0.15) is 0 Å². The third kappa shape index (κ3) is 3.23. The molecule has 1 aliphatic rings. The lowest BCUT2D eigenvalue weighted by Gasteiger charge is -2.19. The Kier molecular flexibility index (Phi) is 4.18. The minimum absolute atomic E-state index is 0.0224. The van der Waals surface area contributed by atoms with Crippen LogP contribution < -0.4 is 26.4 Å². The van der Waals surface area contributed by atoms with Gasteiger partial charge in [-0.25, -0.2) is 5.84 Å². The van der Waals surface area contributed by atoms with E-state index in [1.807, 2.05) is 19.0 Å². The molecule has 0 spiro atoms. The SMILES string of the molecule is CC(=O)NC1CCN(c2nc(NN)nc(N(C)C)n2)C1. The monoisotopic (exact) mass is 280 g/mol. The van der Waals surface area contributed by atoms with Gasteiger partial charge in [-0.3, -0.25) is 10.2 Å². The van der Waals surface area contributed by atoms with Crippen molar-refractivity contribution in [2.45, 2.75) is 19.4 Å². The Balaban J connectivity index is 2.16. The Morgan fingerprint density at radius 1 is 1.40 bits per heavy atom. The molecule has 9 nitrogen and oxygen atoms in total. The van der Waals surface area contributed by atoms with Gasteiger partial charge >= 0.3 is 0 Å². The number of hydrogen-bond donors (Lipinski definition) is 3. The van der Waals surface area contributed by atoms with Crippen molar-refractivity contribution < 1.29 is 4.79 Å². The highest BCUT2D eigenvalue weighted by Crippen LogP contribution is 2.19. The molecule has 1 unspecified atom stereocenters. The highest BCUT2D eigenvalue weighted by atomic mass is 16.1. The fourth-order valence-corrected chi connectivity index (χ4v) is 2.11. The summed E-state index contributed by atoms with van der Waals surface area (Å²) in [5, 5.41) is 2.90. The summed E-state index contributed by atoms with van der Waals surface area (Å²) in [6.45, 7) is 2.98. The average molecular weight is 280 g/mol. The number of nitrogens with one attached hydrogen (secondary N) is 2. The minimum Gasteiger partial charge on any atom is -0.352 e. The molecule has 0 bridgehead atoms. The predicted octanol–water partition coefficient (Wildman–Crippen LogP) is -1.06. The molecule has 9 heteroatoms. The number of hydrazine groups is 1. The van der Waals surface area contributed by atoms with Crippen molar-refractivity contribution in [2.75, 3.05) is 42.4 Å². The van der Waals surface area contributed by atoms with E-state index >= 15 is 0 Å². The van der Waals surface area contributed by atoms with Crippen molar-refractivity contribution in [2.24, 2.45) is 5.84 Å². The van der Waals surface area contributed by atoms with Crippen molar-refractivity contribution in [3.8, 4) is 0 Å². The zero-order chi connectivity index (χ0) is 14.7. The molecule has 2 rings (SSSR count). The minimum atomic E-state index is -0.0224. The maximum absolute atomic E-state index is 11.1. The normalized spacial score (nSPS) is 18.0. The van der Waals surface area contributed by atoms with Crippen LogP contribution in [0, 0.1) is 0 Å². The van der Waals surface area contributed by atoms with E-state index in [-0.39, 0.29) is 11.9 Å². The molecule has 0 aliphatic carbocycles. The molecule has 2 heterocycles. The molecule has 4 N–H and O–H groups in total. The van der Waals surface area contributed by atoms with Crippen molar-refractivity contribution in [1.29, 1.82) is 0 Å². The van der Waals surface area contributed by atoms with Gasteiger partial charge in [-0.15, -0.1) is 0 Å². The molecule has 1 aromatic rings. The zero-order valence-electron chi connectivity index (χ0n) is 11.9. The molecular formula is C11H20N8O. The van der Waals surface area contributed by atoms with E-state index in [4.69, 9.17) is 5.84 Å². The van der Waals surface area contributed by atoms with Crippen LogP contribution in [0.15, 0.2) is 0 Å². The van der Waals surface area contributed by atoms with Gasteiger partial charge < -0.3 is 15.1 Å². The summed E-state index contributed by atoms with van der Waals surface area (Å²) in [7, 11) is 3.70. The summed E-state index contributed by atoms with van der Waals surface area (Å²) in [5.74, 6) is 6.77. The Labute approximate surface area is 117 Å². The van der Waals surface area contributed by atoms with Gasteiger partial charge in [-0.05, 0) is 6.42 Å². The van der Waals surface area contributed by atoms with Crippen LogP contribution in [0.3, 0.4) is 0 Å². The van der Waals surface area contributed by atoms with Gasteiger partial charge in [0, 0.05) is 40.2 Å². The number of carbonyl (C=O) groups is 1. The van der Waals surface area contributed by atoms with Gasteiger partial charge in [0.05, 0.1) is 0 Å². The third-order valence-electron chi connectivity index (χ3n) is 3.02. The highest BCUT2D eigenvalue weighted by Gasteiger charge is 2.25. The lowest BCUT2D eigenvalue weighted by atomic mass is 10.3.